The van der Waals surface area contributed by atoms with Gasteiger partial charge in [-0.25, -0.2) is 0 Å². The third-order valence-corrected chi connectivity index (χ3v) is 5.06. The molecule has 0 radical (unpaired) electrons. The van der Waals surface area contributed by atoms with Gasteiger partial charge in [-0.3, -0.25) is 9.69 Å². The van der Waals surface area contributed by atoms with Gasteiger partial charge in [0.15, 0.2) is 0 Å². The Morgan fingerprint density at radius 3 is 2.48 bits per heavy atom. The van der Waals surface area contributed by atoms with E-state index in [0.717, 1.165) is 43.9 Å². The van der Waals surface area contributed by atoms with Crippen LogP contribution in [0.15, 0.2) is 54.6 Å². The van der Waals surface area contributed by atoms with Crippen molar-refractivity contribution >= 4 is 5.91 Å². The van der Waals surface area contributed by atoms with Crippen LogP contribution in [0.5, 0.6) is 5.75 Å². The minimum atomic E-state index is 0.0934. The molecule has 1 amide bonds. The predicted molar refractivity (Wildman–Crippen MR) is 109 cm³/mol. The van der Waals surface area contributed by atoms with Crippen LogP contribution < -0.4 is 4.74 Å². The van der Waals surface area contributed by atoms with Crippen LogP contribution in [0, 0.1) is 0 Å². The van der Waals surface area contributed by atoms with Crippen LogP contribution in [0.3, 0.4) is 0 Å². The van der Waals surface area contributed by atoms with Crippen molar-refractivity contribution in [1.82, 2.24) is 9.80 Å². The molecule has 1 heterocycles. The largest absolute Gasteiger partial charge is 0.489 e. The van der Waals surface area contributed by atoms with Gasteiger partial charge < -0.3 is 9.64 Å². The normalized spacial score (nSPS) is 16.0. The summed E-state index contributed by atoms with van der Waals surface area (Å²) >= 11 is 0. The van der Waals surface area contributed by atoms with E-state index in [1.165, 1.54) is 0 Å². The number of hydrogen-bond donors (Lipinski definition) is 0. The lowest BCUT2D eigenvalue weighted by atomic mass is 10.1. The highest BCUT2D eigenvalue weighted by Gasteiger charge is 2.26. The third-order valence-electron chi connectivity index (χ3n) is 5.06. The topological polar surface area (TPSA) is 32.8 Å². The fourth-order valence-electron chi connectivity index (χ4n) is 3.43. The van der Waals surface area contributed by atoms with Gasteiger partial charge in [0.1, 0.15) is 12.4 Å². The molecule has 2 aromatic rings. The van der Waals surface area contributed by atoms with E-state index in [4.69, 9.17) is 4.74 Å². The molecular formula is C23H30N2O2. The average Bonchev–Trinajstić information content (AvgIpc) is 2.93. The van der Waals surface area contributed by atoms with E-state index in [1.54, 1.807) is 0 Å². The van der Waals surface area contributed by atoms with Crippen molar-refractivity contribution in [2.24, 2.45) is 0 Å². The van der Waals surface area contributed by atoms with E-state index >= 15 is 0 Å². The van der Waals surface area contributed by atoms with Gasteiger partial charge in [-0.1, -0.05) is 36.4 Å². The van der Waals surface area contributed by atoms with Gasteiger partial charge in [-0.2, -0.15) is 0 Å². The summed E-state index contributed by atoms with van der Waals surface area (Å²) < 4.78 is 5.88. The van der Waals surface area contributed by atoms with Crippen molar-refractivity contribution < 1.29 is 9.53 Å². The molecule has 0 bridgehead atoms. The van der Waals surface area contributed by atoms with Gasteiger partial charge in [-0.15, -0.1) is 0 Å². The van der Waals surface area contributed by atoms with Crippen LogP contribution >= 0.6 is 0 Å². The summed E-state index contributed by atoms with van der Waals surface area (Å²) in [6, 6.07) is 17.6. The summed E-state index contributed by atoms with van der Waals surface area (Å²) in [5.41, 5.74) is 1.96. The second-order valence-corrected chi connectivity index (χ2v) is 8.11. The van der Waals surface area contributed by atoms with E-state index in [9.17, 15) is 4.79 Å². The molecule has 144 valence electrons. The van der Waals surface area contributed by atoms with Crippen LogP contribution in [-0.2, 0) is 6.61 Å². The van der Waals surface area contributed by atoms with Crippen molar-refractivity contribution in [2.45, 2.75) is 39.3 Å². The molecule has 1 saturated heterocycles. The Balaban J connectivity index is 1.63. The lowest BCUT2D eigenvalue weighted by Crippen LogP contribution is -2.44. The van der Waals surface area contributed by atoms with Gasteiger partial charge in [0.25, 0.3) is 5.91 Å². The Morgan fingerprint density at radius 1 is 0.963 bits per heavy atom. The van der Waals surface area contributed by atoms with Gasteiger partial charge in [-0.05, 0) is 51.0 Å². The summed E-state index contributed by atoms with van der Waals surface area (Å²) in [5.74, 6) is 0.826. The quantitative estimate of drug-likeness (QED) is 0.812. The molecule has 3 rings (SSSR count). The standard InChI is InChI=1S/C23H30N2O2/c1-23(2,3)25-14-8-13-24(15-16-25)22(26)20-11-7-12-21(17-20)27-18-19-9-5-4-6-10-19/h4-7,9-12,17H,8,13-16,18H2,1-3H3. The fourth-order valence-corrected chi connectivity index (χ4v) is 3.43. The Labute approximate surface area is 162 Å². The Bertz CT molecular complexity index is 752. The summed E-state index contributed by atoms with van der Waals surface area (Å²) in [7, 11) is 0. The number of rotatable bonds is 4. The average molecular weight is 367 g/mol. The number of nitrogens with zero attached hydrogens (tertiary/aromatic N) is 2. The molecule has 0 saturated carbocycles. The third kappa shape index (κ3) is 5.33. The van der Waals surface area contributed by atoms with Gasteiger partial charge in [0.2, 0.25) is 0 Å². The fraction of sp³-hybridized carbons (Fsp3) is 0.435. The van der Waals surface area contributed by atoms with E-state index in [2.05, 4.69) is 25.7 Å². The number of amides is 1. The number of hydrogen-bond acceptors (Lipinski definition) is 3. The molecule has 1 fully saturated rings. The van der Waals surface area contributed by atoms with Gasteiger partial charge in [0.05, 0.1) is 0 Å². The van der Waals surface area contributed by atoms with Gasteiger partial charge >= 0.3 is 0 Å². The highest BCUT2D eigenvalue weighted by atomic mass is 16.5. The van der Waals surface area contributed by atoms with Crippen LogP contribution in [-0.4, -0.2) is 47.4 Å². The molecule has 1 aliphatic heterocycles. The van der Waals surface area contributed by atoms with E-state index in [-0.39, 0.29) is 11.4 Å². The molecule has 0 atom stereocenters. The number of ether oxygens (including phenoxy) is 1. The zero-order chi connectivity index (χ0) is 19.3. The van der Waals surface area contributed by atoms with Crippen LogP contribution in [0.25, 0.3) is 0 Å². The molecular weight excluding hydrogens is 336 g/mol. The number of benzene rings is 2. The maximum atomic E-state index is 13.0. The second kappa shape index (κ2) is 8.57. The summed E-state index contributed by atoms with van der Waals surface area (Å²) in [6.45, 7) is 10.7. The summed E-state index contributed by atoms with van der Waals surface area (Å²) in [4.78, 5) is 17.4. The van der Waals surface area contributed by atoms with Crippen molar-refractivity contribution in [2.75, 3.05) is 26.2 Å². The Kier molecular flexibility index (Phi) is 6.17. The van der Waals surface area contributed by atoms with Crippen molar-refractivity contribution in [3.05, 3.63) is 65.7 Å². The highest BCUT2D eigenvalue weighted by molar-refractivity contribution is 5.94. The minimum absolute atomic E-state index is 0.0934. The monoisotopic (exact) mass is 366 g/mol. The van der Waals surface area contributed by atoms with Crippen LogP contribution in [0.1, 0.15) is 43.1 Å². The van der Waals surface area contributed by atoms with Crippen molar-refractivity contribution in [1.29, 1.82) is 0 Å². The van der Waals surface area contributed by atoms with E-state index < -0.39 is 0 Å². The van der Waals surface area contributed by atoms with Crippen molar-refractivity contribution in [3.8, 4) is 5.75 Å². The molecule has 4 nitrogen and oxygen atoms in total. The molecule has 0 aromatic heterocycles. The molecule has 0 N–H and O–H groups in total. The molecule has 0 aliphatic carbocycles. The van der Waals surface area contributed by atoms with Gasteiger partial charge in [0, 0.05) is 37.3 Å². The molecule has 27 heavy (non-hydrogen) atoms. The lowest BCUT2D eigenvalue weighted by Gasteiger charge is -2.34. The summed E-state index contributed by atoms with van der Waals surface area (Å²) in [5, 5.41) is 0. The number of carbonyl (C=O) groups is 1. The molecule has 4 heteroatoms. The van der Waals surface area contributed by atoms with Crippen LogP contribution in [0.2, 0.25) is 0 Å². The zero-order valence-electron chi connectivity index (χ0n) is 16.6. The number of carbonyl (C=O) groups excluding carboxylic acids is 1. The van der Waals surface area contributed by atoms with Crippen LogP contribution in [0.4, 0.5) is 0 Å². The second-order valence-electron chi connectivity index (χ2n) is 8.11. The SMILES string of the molecule is CC(C)(C)N1CCCN(C(=O)c2cccc(OCc3ccccc3)c2)CC1. The first-order valence-corrected chi connectivity index (χ1v) is 9.74. The molecule has 2 aromatic carbocycles. The molecule has 0 unspecified atom stereocenters. The first kappa shape index (κ1) is 19.4. The van der Waals surface area contributed by atoms with Crippen molar-refractivity contribution in [3.63, 3.8) is 0 Å². The van der Waals surface area contributed by atoms with E-state index in [0.29, 0.717) is 12.2 Å². The summed E-state index contributed by atoms with van der Waals surface area (Å²) in [6.07, 6.45) is 1.01. The Hall–Kier alpha value is -2.33. The van der Waals surface area contributed by atoms with E-state index in [1.807, 2.05) is 59.5 Å². The lowest BCUT2D eigenvalue weighted by molar-refractivity contribution is 0.0749. The first-order valence-electron chi connectivity index (χ1n) is 9.74. The maximum Gasteiger partial charge on any atom is 0.254 e. The smallest absolute Gasteiger partial charge is 0.254 e. The molecule has 1 aliphatic rings. The maximum absolute atomic E-state index is 13.0. The minimum Gasteiger partial charge on any atom is -0.489 e. The predicted octanol–water partition coefficient (Wildman–Crippen LogP) is 4.21. The molecule has 0 spiro atoms. The Morgan fingerprint density at radius 2 is 1.74 bits per heavy atom. The highest BCUT2D eigenvalue weighted by Crippen LogP contribution is 2.20. The zero-order valence-corrected chi connectivity index (χ0v) is 16.6. The first-order chi connectivity index (χ1) is 12.9.